The van der Waals surface area contributed by atoms with Crippen LogP contribution in [0.15, 0.2) is 54.6 Å². The molecule has 1 unspecified atom stereocenters. The average Bonchev–Trinajstić information content (AvgIpc) is 2.56. The Hall–Kier alpha value is -2.09. The van der Waals surface area contributed by atoms with Crippen LogP contribution in [0.5, 0.6) is 0 Å². The van der Waals surface area contributed by atoms with Gasteiger partial charge in [0.15, 0.2) is 6.21 Å². The van der Waals surface area contributed by atoms with E-state index in [0.717, 1.165) is 16.3 Å². The molecule has 1 aliphatic rings. The van der Waals surface area contributed by atoms with Crippen LogP contribution in [-0.4, -0.2) is 16.2 Å². The van der Waals surface area contributed by atoms with Gasteiger partial charge >= 0.3 is 0 Å². The zero-order valence-electron chi connectivity index (χ0n) is 12.9. The first-order valence-electron chi connectivity index (χ1n) is 7.63. The monoisotopic (exact) mass is 282 g/mol. The molecule has 2 heteroatoms. The third-order valence-corrected chi connectivity index (χ3v) is 3.93. The predicted molar refractivity (Wildman–Crippen MR) is 87.7 cm³/mol. The number of aryl methyl sites for hydroxylation is 1. The topological polar surface area (TPSA) is 23.2 Å². The first kappa shape index (κ1) is 15.3. The molecule has 0 aromatic heterocycles. The van der Waals surface area contributed by atoms with E-state index in [-0.39, 0.29) is 0 Å². The molecule has 2 aromatic rings. The minimum Gasteiger partial charge on any atom is -0.285 e. The highest BCUT2D eigenvalue weighted by Crippen LogP contribution is 2.30. The van der Waals surface area contributed by atoms with Gasteiger partial charge in [0.1, 0.15) is 0 Å². The van der Waals surface area contributed by atoms with Gasteiger partial charge in [0.25, 0.3) is 5.69 Å². The van der Waals surface area contributed by atoms with E-state index in [1.54, 1.807) is 24.3 Å². The summed E-state index contributed by atoms with van der Waals surface area (Å²) in [5.41, 5.74) is 3.94. The lowest BCUT2D eigenvalue weighted by atomic mass is 9.84. The fourth-order valence-electron chi connectivity index (χ4n) is 2.73. The summed E-state index contributed by atoms with van der Waals surface area (Å²) in [5.74, 6) is 0.792. The largest absolute Gasteiger partial charge is 0.285 e. The summed E-state index contributed by atoms with van der Waals surface area (Å²) >= 11 is 0. The molecule has 1 aliphatic carbocycles. The molecule has 1 N–H and O–H groups in total. The van der Waals surface area contributed by atoms with Crippen LogP contribution in [0.4, 0.5) is 5.69 Å². The first-order valence-corrected chi connectivity index (χ1v) is 7.63. The Morgan fingerprint density at radius 2 is 1.71 bits per heavy atom. The van der Waals surface area contributed by atoms with Crippen LogP contribution in [0, 0.1) is 0 Å². The standard InChI is InChI=1S/C11H14.C8H10NO/c1-9-5-4-7-10-6-2-3-8-11(9)10;1-2-9(10)8-6-4-3-5-7-8/h2-3,6,8-9H,4-5,7H2,1H3;2-7,10H,1H3/q;+1/b;9-2-. The van der Waals surface area contributed by atoms with Crippen LogP contribution < -0.4 is 0 Å². The Kier molecular flexibility index (Phi) is 5.56. The van der Waals surface area contributed by atoms with Crippen molar-refractivity contribution in [1.82, 2.24) is 0 Å². The van der Waals surface area contributed by atoms with Crippen LogP contribution in [0.1, 0.15) is 43.7 Å². The van der Waals surface area contributed by atoms with Crippen LogP contribution >= 0.6 is 0 Å². The molecule has 0 aliphatic heterocycles. The van der Waals surface area contributed by atoms with E-state index >= 15 is 0 Å². The Bertz CT molecular complexity index is 590. The van der Waals surface area contributed by atoms with Crippen molar-refractivity contribution < 1.29 is 9.95 Å². The van der Waals surface area contributed by atoms with Crippen LogP contribution in [-0.2, 0) is 6.42 Å². The maximum atomic E-state index is 9.11. The van der Waals surface area contributed by atoms with E-state index in [1.807, 2.05) is 30.3 Å². The van der Waals surface area contributed by atoms with Crippen LogP contribution in [0.2, 0.25) is 0 Å². The van der Waals surface area contributed by atoms with Gasteiger partial charge < -0.3 is 0 Å². The number of fused-ring (bicyclic) bond motifs is 1. The summed E-state index contributed by atoms with van der Waals surface area (Å²) in [6, 6.07) is 18.2. The normalized spacial score (nSPS) is 17.4. The highest BCUT2D eigenvalue weighted by molar-refractivity contribution is 5.49. The number of nitrogens with zero attached hydrogens (tertiary/aromatic N) is 1. The minimum absolute atomic E-state index is 0.782. The van der Waals surface area contributed by atoms with E-state index in [1.165, 1.54) is 19.3 Å². The summed E-state index contributed by atoms with van der Waals surface area (Å²) in [7, 11) is 0. The third kappa shape index (κ3) is 4.19. The number of rotatable bonds is 1. The van der Waals surface area contributed by atoms with Crippen LogP contribution in [0.25, 0.3) is 0 Å². The predicted octanol–water partition coefficient (Wildman–Crippen LogP) is 4.94. The maximum absolute atomic E-state index is 9.11. The molecule has 3 rings (SSSR count). The highest BCUT2D eigenvalue weighted by atomic mass is 16.5. The molecule has 0 radical (unpaired) electrons. The number of hydrogen-bond acceptors (Lipinski definition) is 1. The highest BCUT2D eigenvalue weighted by Gasteiger charge is 2.14. The first-order chi connectivity index (χ1) is 10.2. The molecule has 1 atom stereocenters. The molecule has 2 aromatic carbocycles. The average molecular weight is 282 g/mol. The summed E-state index contributed by atoms with van der Waals surface area (Å²) in [6.07, 6.45) is 5.63. The summed E-state index contributed by atoms with van der Waals surface area (Å²) in [5, 5.41) is 9.11. The second kappa shape index (κ2) is 7.63. The quantitative estimate of drug-likeness (QED) is 0.340. The van der Waals surface area contributed by atoms with Crippen molar-refractivity contribution in [3.8, 4) is 0 Å². The van der Waals surface area contributed by atoms with Crippen LogP contribution in [0.3, 0.4) is 0 Å². The molecule has 0 amide bonds. The lowest BCUT2D eigenvalue weighted by molar-refractivity contribution is -0.709. The molecular weight excluding hydrogens is 258 g/mol. The third-order valence-electron chi connectivity index (χ3n) is 3.93. The van der Waals surface area contributed by atoms with Gasteiger partial charge in [0.2, 0.25) is 0 Å². The van der Waals surface area contributed by atoms with Gasteiger partial charge in [-0.2, -0.15) is 0 Å². The molecule has 0 saturated carbocycles. The minimum atomic E-state index is 0.782. The van der Waals surface area contributed by atoms with Crippen molar-refractivity contribution in [3.05, 3.63) is 65.7 Å². The second-order valence-electron chi connectivity index (χ2n) is 5.43. The van der Waals surface area contributed by atoms with E-state index in [2.05, 4.69) is 31.2 Å². The molecule has 0 bridgehead atoms. The lowest BCUT2D eigenvalue weighted by Crippen LogP contribution is -2.05. The smallest absolute Gasteiger partial charge is 0.256 e. The van der Waals surface area contributed by atoms with Gasteiger partial charge in [-0.05, 0) is 36.3 Å². The zero-order valence-corrected chi connectivity index (χ0v) is 12.9. The Morgan fingerprint density at radius 3 is 2.38 bits per heavy atom. The Morgan fingerprint density at radius 1 is 1.05 bits per heavy atom. The SMILES string of the molecule is C/C=[N+](\O)c1ccccc1.CC1CCCc2ccccc21. The van der Waals surface area contributed by atoms with Gasteiger partial charge in [0.05, 0.1) is 0 Å². The molecule has 2 nitrogen and oxygen atoms in total. The molecule has 0 fully saturated rings. The molecule has 0 saturated heterocycles. The van der Waals surface area contributed by atoms with Crippen molar-refractivity contribution in [2.75, 3.05) is 0 Å². The molecule has 0 heterocycles. The van der Waals surface area contributed by atoms with E-state index in [9.17, 15) is 0 Å². The summed E-state index contributed by atoms with van der Waals surface area (Å²) in [4.78, 5) is 0. The van der Waals surface area contributed by atoms with E-state index < -0.39 is 0 Å². The number of para-hydroxylation sites is 1. The fourth-order valence-corrected chi connectivity index (χ4v) is 2.73. The fraction of sp³-hybridized carbons (Fsp3) is 0.316. The van der Waals surface area contributed by atoms with Gasteiger partial charge in [-0.15, -0.1) is 0 Å². The maximum Gasteiger partial charge on any atom is 0.256 e. The van der Waals surface area contributed by atoms with E-state index in [4.69, 9.17) is 5.21 Å². The van der Waals surface area contributed by atoms with Gasteiger partial charge in [0, 0.05) is 23.8 Å². The molecule has 0 spiro atoms. The van der Waals surface area contributed by atoms with Crippen molar-refractivity contribution in [1.29, 1.82) is 0 Å². The van der Waals surface area contributed by atoms with Crippen molar-refractivity contribution in [3.63, 3.8) is 0 Å². The van der Waals surface area contributed by atoms with Gasteiger partial charge in [-0.3, -0.25) is 5.21 Å². The zero-order chi connectivity index (χ0) is 15.1. The summed E-state index contributed by atoms with van der Waals surface area (Å²) < 4.78 is 1.08. The lowest BCUT2D eigenvalue weighted by Gasteiger charge is -2.21. The van der Waals surface area contributed by atoms with Crippen molar-refractivity contribution in [2.45, 2.75) is 39.0 Å². The van der Waals surface area contributed by atoms with E-state index in [0.29, 0.717) is 0 Å². The molecule has 110 valence electrons. The number of benzene rings is 2. The summed E-state index contributed by atoms with van der Waals surface area (Å²) in [6.45, 7) is 4.10. The molecular formula is C19H24NO+. The molecule has 21 heavy (non-hydrogen) atoms. The van der Waals surface area contributed by atoms with Gasteiger partial charge in [-0.25, -0.2) is 0 Å². The Balaban J connectivity index is 0.000000155. The van der Waals surface area contributed by atoms with Crippen molar-refractivity contribution >= 4 is 11.9 Å². The number of hydrogen-bond donors (Lipinski definition) is 1. The Labute approximate surface area is 127 Å². The second-order valence-corrected chi connectivity index (χ2v) is 5.43. The van der Waals surface area contributed by atoms with Crippen molar-refractivity contribution in [2.24, 2.45) is 0 Å². The van der Waals surface area contributed by atoms with Gasteiger partial charge in [-0.1, -0.05) is 49.4 Å².